The molecule has 0 aliphatic heterocycles. The molecule has 1 unspecified atom stereocenters. The third kappa shape index (κ3) is 2.18. The fourth-order valence-electron chi connectivity index (χ4n) is 1.27. The number of nitrogens with zero attached hydrogens (tertiary/aromatic N) is 1. The van der Waals surface area contributed by atoms with Gasteiger partial charge in [0.05, 0.1) is 5.44 Å². The Morgan fingerprint density at radius 2 is 1.79 bits per heavy atom. The first-order valence-corrected chi connectivity index (χ1v) is 5.60. The highest BCUT2D eigenvalue weighted by atomic mass is 31.1. The van der Waals surface area contributed by atoms with Crippen LogP contribution < -0.4 is 10.7 Å². The highest BCUT2D eigenvalue weighted by molar-refractivity contribution is 7.55. The zero-order valence-corrected chi connectivity index (χ0v) is 9.07. The summed E-state index contributed by atoms with van der Waals surface area (Å²) in [5.74, 6) is 0. The summed E-state index contributed by atoms with van der Waals surface area (Å²) in [6.45, 7) is 2.11. The zero-order chi connectivity index (χ0) is 9.80. The average molecular weight is 201 g/mol. The van der Waals surface area contributed by atoms with Crippen LogP contribution in [-0.2, 0) is 0 Å². The predicted molar refractivity (Wildman–Crippen MR) is 63.0 cm³/mol. The van der Waals surface area contributed by atoms with Crippen LogP contribution in [0.15, 0.2) is 48.7 Å². The average Bonchev–Trinajstić information content (AvgIpc) is 2.23. The van der Waals surface area contributed by atoms with Gasteiger partial charge >= 0.3 is 0 Å². The first-order valence-electron chi connectivity index (χ1n) is 4.60. The quantitative estimate of drug-likeness (QED) is 0.677. The summed E-state index contributed by atoms with van der Waals surface area (Å²) in [5, 5.41) is 1.34. The molecule has 1 aromatic heterocycles. The van der Waals surface area contributed by atoms with Crippen LogP contribution in [-0.4, -0.2) is 4.98 Å². The summed E-state index contributed by atoms with van der Waals surface area (Å²) < 4.78 is 0. The lowest BCUT2D eigenvalue weighted by molar-refractivity contribution is 1.33. The molecule has 2 heteroatoms. The lowest BCUT2D eigenvalue weighted by atomic mass is 10.3. The van der Waals surface area contributed by atoms with E-state index < -0.39 is 0 Å². The molecule has 70 valence electrons. The third-order valence-corrected chi connectivity index (χ3v) is 3.43. The zero-order valence-electron chi connectivity index (χ0n) is 8.07. The van der Waals surface area contributed by atoms with Crippen LogP contribution in [0.4, 0.5) is 0 Å². The van der Waals surface area contributed by atoms with Crippen molar-refractivity contribution in [2.75, 3.05) is 0 Å². The summed E-state index contributed by atoms with van der Waals surface area (Å²) >= 11 is 0. The van der Waals surface area contributed by atoms with Gasteiger partial charge in [-0.05, 0) is 32.4 Å². The highest BCUT2D eigenvalue weighted by Gasteiger charge is 1.99. The molecule has 0 aliphatic carbocycles. The Morgan fingerprint density at radius 3 is 2.50 bits per heavy atom. The largest absolute Gasteiger partial charge is 0.256 e. The lowest BCUT2D eigenvalue weighted by Crippen LogP contribution is -2.09. The van der Waals surface area contributed by atoms with Gasteiger partial charge in [0.25, 0.3) is 0 Å². The summed E-state index contributed by atoms with van der Waals surface area (Å²) in [4.78, 5) is 4.39. The van der Waals surface area contributed by atoms with Gasteiger partial charge in [-0.25, -0.2) is 0 Å². The van der Waals surface area contributed by atoms with Crippen LogP contribution >= 0.6 is 8.58 Å². The van der Waals surface area contributed by atoms with Gasteiger partial charge in [-0.15, -0.1) is 0 Å². The maximum absolute atomic E-state index is 4.39. The Labute approximate surface area is 86.0 Å². The van der Waals surface area contributed by atoms with Crippen LogP contribution in [0.1, 0.15) is 5.56 Å². The summed E-state index contributed by atoms with van der Waals surface area (Å²) in [7, 11) is 0.664. The molecule has 2 rings (SSSR count). The van der Waals surface area contributed by atoms with Crippen molar-refractivity contribution in [3.8, 4) is 0 Å². The van der Waals surface area contributed by atoms with Gasteiger partial charge in [0, 0.05) is 6.20 Å². The van der Waals surface area contributed by atoms with Gasteiger partial charge in [0.2, 0.25) is 0 Å². The van der Waals surface area contributed by atoms with Crippen molar-refractivity contribution in [3.63, 3.8) is 0 Å². The molecule has 0 saturated heterocycles. The molecule has 2 aromatic rings. The molecule has 1 nitrogen and oxygen atoms in total. The van der Waals surface area contributed by atoms with Gasteiger partial charge in [-0.1, -0.05) is 36.4 Å². The molecule has 0 radical (unpaired) electrons. The fraction of sp³-hybridized carbons (Fsp3) is 0.0833. The van der Waals surface area contributed by atoms with E-state index >= 15 is 0 Å². The number of rotatable bonds is 2. The first kappa shape index (κ1) is 9.36. The summed E-state index contributed by atoms with van der Waals surface area (Å²) in [6, 6.07) is 14.6. The smallest absolute Gasteiger partial charge is 0.0673 e. The molecular formula is C12H12NP. The van der Waals surface area contributed by atoms with E-state index in [9.17, 15) is 0 Å². The van der Waals surface area contributed by atoms with E-state index in [2.05, 4.69) is 42.2 Å². The molecule has 0 aliphatic rings. The number of aryl methyl sites for hydroxylation is 1. The predicted octanol–water partition coefficient (Wildman–Crippen LogP) is 2.02. The van der Waals surface area contributed by atoms with E-state index in [1.54, 1.807) is 0 Å². The molecule has 0 N–H and O–H groups in total. The Bertz CT molecular complexity index is 412. The molecule has 14 heavy (non-hydrogen) atoms. The molecule has 0 spiro atoms. The summed E-state index contributed by atoms with van der Waals surface area (Å²) in [5.41, 5.74) is 2.47. The molecule has 0 amide bonds. The van der Waals surface area contributed by atoms with Crippen molar-refractivity contribution in [1.82, 2.24) is 4.98 Å². The molecule has 1 aromatic carbocycles. The summed E-state index contributed by atoms with van der Waals surface area (Å²) in [6.07, 6.45) is 1.86. The molecule has 0 saturated carbocycles. The SMILES string of the molecule is Cc1cccnc1Pc1ccccc1. The number of hydrogen-bond donors (Lipinski definition) is 0. The van der Waals surface area contributed by atoms with Gasteiger partial charge in [0.1, 0.15) is 0 Å². The van der Waals surface area contributed by atoms with Crippen molar-refractivity contribution in [2.45, 2.75) is 6.92 Å². The minimum atomic E-state index is 0.664. The Morgan fingerprint density at radius 1 is 1.00 bits per heavy atom. The molecule has 0 fully saturated rings. The maximum Gasteiger partial charge on any atom is 0.0673 e. The van der Waals surface area contributed by atoms with Gasteiger partial charge < -0.3 is 0 Å². The molecule has 1 atom stereocenters. The van der Waals surface area contributed by atoms with E-state index in [0.29, 0.717) is 8.58 Å². The Balaban J connectivity index is 2.24. The highest BCUT2D eigenvalue weighted by Crippen LogP contribution is 2.10. The standard InChI is InChI=1S/C12H12NP/c1-10-6-5-9-13-12(10)14-11-7-3-2-4-8-11/h2-9,14H,1H3. The molecular weight excluding hydrogens is 189 g/mol. The number of aromatic nitrogens is 1. The molecule has 0 bridgehead atoms. The van der Waals surface area contributed by atoms with Crippen LogP contribution in [0.25, 0.3) is 0 Å². The van der Waals surface area contributed by atoms with Crippen molar-refractivity contribution < 1.29 is 0 Å². The van der Waals surface area contributed by atoms with Crippen molar-refractivity contribution in [2.24, 2.45) is 0 Å². The Kier molecular flexibility index (Phi) is 2.90. The van der Waals surface area contributed by atoms with Crippen molar-refractivity contribution >= 4 is 19.3 Å². The van der Waals surface area contributed by atoms with Crippen LogP contribution in [0.3, 0.4) is 0 Å². The van der Waals surface area contributed by atoms with E-state index in [1.807, 2.05) is 18.3 Å². The van der Waals surface area contributed by atoms with Gasteiger partial charge in [-0.3, -0.25) is 4.98 Å². The van der Waals surface area contributed by atoms with Crippen molar-refractivity contribution in [1.29, 1.82) is 0 Å². The number of pyridine rings is 1. The lowest BCUT2D eigenvalue weighted by Gasteiger charge is -2.03. The van der Waals surface area contributed by atoms with Crippen LogP contribution in [0, 0.1) is 6.92 Å². The number of hydrogen-bond acceptors (Lipinski definition) is 1. The van der Waals surface area contributed by atoms with E-state index in [1.165, 1.54) is 16.3 Å². The third-order valence-electron chi connectivity index (χ3n) is 2.05. The second-order valence-electron chi connectivity index (χ2n) is 3.16. The Hall–Kier alpha value is -1.20. The van der Waals surface area contributed by atoms with Crippen molar-refractivity contribution in [3.05, 3.63) is 54.2 Å². The topological polar surface area (TPSA) is 12.9 Å². The van der Waals surface area contributed by atoms with E-state index in [4.69, 9.17) is 0 Å². The van der Waals surface area contributed by atoms with Crippen LogP contribution in [0.2, 0.25) is 0 Å². The minimum Gasteiger partial charge on any atom is -0.256 e. The van der Waals surface area contributed by atoms with E-state index in [0.717, 1.165) is 0 Å². The molecule has 1 heterocycles. The number of benzene rings is 1. The fourth-order valence-corrected chi connectivity index (χ4v) is 2.33. The van der Waals surface area contributed by atoms with Gasteiger partial charge in [-0.2, -0.15) is 0 Å². The maximum atomic E-state index is 4.39. The second kappa shape index (κ2) is 4.34. The van der Waals surface area contributed by atoms with Crippen LogP contribution in [0.5, 0.6) is 0 Å². The minimum absolute atomic E-state index is 0.664. The second-order valence-corrected chi connectivity index (χ2v) is 4.46. The monoisotopic (exact) mass is 201 g/mol. The normalized spacial score (nSPS) is 10.9. The first-order chi connectivity index (χ1) is 6.86. The van der Waals surface area contributed by atoms with E-state index in [-0.39, 0.29) is 0 Å². The van der Waals surface area contributed by atoms with Gasteiger partial charge in [0.15, 0.2) is 0 Å².